The minimum absolute atomic E-state index is 0.163. The van der Waals surface area contributed by atoms with Crippen molar-refractivity contribution in [1.82, 2.24) is 10.4 Å². The number of nitrogens with zero attached hydrogens (tertiary/aromatic N) is 2. The second-order valence-electron chi connectivity index (χ2n) is 5.48. The molecule has 8 heteroatoms. The zero-order valence-electron chi connectivity index (χ0n) is 14.1. The van der Waals surface area contributed by atoms with Crippen molar-refractivity contribution in [2.24, 2.45) is 5.10 Å². The summed E-state index contributed by atoms with van der Waals surface area (Å²) in [6, 6.07) is 17.7. The number of hydrogen-bond donors (Lipinski definition) is 2. The highest BCUT2D eigenvalue weighted by molar-refractivity contribution is 7.92. The lowest BCUT2D eigenvalue weighted by Crippen LogP contribution is -2.18. The maximum atomic E-state index is 12.3. The van der Waals surface area contributed by atoms with E-state index in [4.69, 9.17) is 0 Å². The van der Waals surface area contributed by atoms with Crippen molar-refractivity contribution in [1.29, 1.82) is 0 Å². The zero-order chi connectivity index (χ0) is 19.1. The van der Waals surface area contributed by atoms with Crippen molar-refractivity contribution in [3.8, 4) is 0 Å². The number of amides is 1. The van der Waals surface area contributed by atoms with Crippen LogP contribution in [0.5, 0.6) is 0 Å². The number of pyridine rings is 1. The molecule has 1 heterocycles. The Balaban J connectivity index is 1.63. The molecular formula is C19H16N4O3S. The third-order valence-corrected chi connectivity index (χ3v) is 4.91. The smallest absolute Gasteiger partial charge is 0.271 e. The SMILES string of the molecule is O=C(N/N=C\c1cccnc1)c1ccc(NS(=O)(=O)c2ccccc2)cc1. The number of hydrazone groups is 1. The van der Waals surface area contributed by atoms with Gasteiger partial charge < -0.3 is 0 Å². The van der Waals surface area contributed by atoms with E-state index < -0.39 is 15.9 Å². The fourth-order valence-corrected chi connectivity index (χ4v) is 3.27. The topological polar surface area (TPSA) is 101 Å². The van der Waals surface area contributed by atoms with Crippen LogP contribution in [0, 0.1) is 0 Å². The Labute approximate surface area is 156 Å². The fraction of sp³-hybridized carbons (Fsp3) is 0. The second-order valence-corrected chi connectivity index (χ2v) is 7.16. The molecule has 0 aliphatic carbocycles. The van der Waals surface area contributed by atoms with Gasteiger partial charge in [0.25, 0.3) is 15.9 Å². The summed E-state index contributed by atoms with van der Waals surface area (Å²) < 4.78 is 27.0. The van der Waals surface area contributed by atoms with E-state index in [1.807, 2.05) is 0 Å². The summed E-state index contributed by atoms with van der Waals surface area (Å²) in [5.74, 6) is -0.410. The van der Waals surface area contributed by atoms with Crippen LogP contribution in [0.3, 0.4) is 0 Å². The number of benzene rings is 2. The van der Waals surface area contributed by atoms with E-state index in [0.29, 0.717) is 11.3 Å². The summed E-state index contributed by atoms with van der Waals surface area (Å²) in [4.78, 5) is 16.2. The molecule has 0 saturated heterocycles. The number of carbonyl (C=O) groups excluding carboxylic acids is 1. The van der Waals surface area contributed by atoms with Crippen molar-refractivity contribution in [2.75, 3.05) is 4.72 Å². The lowest BCUT2D eigenvalue weighted by atomic mass is 10.2. The summed E-state index contributed by atoms with van der Waals surface area (Å²) in [6.07, 6.45) is 4.74. The van der Waals surface area contributed by atoms with Gasteiger partial charge in [0.05, 0.1) is 11.1 Å². The van der Waals surface area contributed by atoms with E-state index >= 15 is 0 Å². The summed E-state index contributed by atoms with van der Waals surface area (Å²) in [5.41, 5.74) is 3.86. The summed E-state index contributed by atoms with van der Waals surface area (Å²) in [5, 5.41) is 3.86. The first-order valence-corrected chi connectivity index (χ1v) is 9.44. The third kappa shape index (κ3) is 4.99. The Kier molecular flexibility index (Phi) is 5.58. The van der Waals surface area contributed by atoms with Crippen molar-refractivity contribution in [3.63, 3.8) is 0 Å². The molecule has 2 aromatic carbocycles. The Hall–Kier alpha value is -3.52. The van der Waals surface area contributed by atoms with E-state index in [9.17, 15) is 13.2 Å². The first kappa shape index (κ1) is 18.3. The zero-order valence-corrected chi connectivity index (χ0v) is 14.9. The monoisotopic (exact) mass is 380 g/mol. The average molecular weight is 380 g/mol. The number of sulfonamides is 1. The van der Waals surface area contributed by atoms with Crippen LogP contribution in [-0.2, 0) is 10.0 Å². The normalized spacial score (nSPS) is 11.3. The van der Waals surface area contributed by atoms with E-state index in [2.05, 4.69) is 20.2 Å². The van der Waals surface area contributed by atoms with Crippen molar-refractivity contribution < 1.29 is 13.2 Å². The number of anilines is 1. The first-order chi connectivity index (χ1) is 13.0. The van der Waals surface area contributed by atoms with Crippen LogP contribution in [0.25, 0.3) is 0 Å². The summed E-state index contributed by atoms with van der Waals surface area (Å²) in [7, 11) is -3.67. The van der Waals surface area contributed by atoms with Crippen LogP contribution in [0.15, 0.2) is 89.1 Å². The van der Waals surface area contributed by atoms with Crippen LogP contribution in [-0.4, -0.2) is 25.5 Å². The van der Waals surface area contributed by atoms with Gasteiger partial charge in [-0.05, 0) is 42.5 Å². The number of nitrogens with one attached hydrogen (secondary N) is 2. The maximum Gasteiger partial charge on any atom is 0.271 e. The molecule has 3 aromatic rings. The minimum atomic E-state index is -3.67. The van der Waals surface area contributed by atoms with Crippen molar-refractivity contribution in [3.05, 3.63) is 90.3 Å². The number of rotatable bonds is 6. The van der Waals surface area contributed by atoms with Gasteiger partial charge in [-0.2, -0.15) is 5.10 Å². The molecule has 0 aliphatic heterocycles. The molecule has 136 valence electrons. The molecule has 27 heavy (non-hydrogen) atoms. The summed E-state index contributed by atoms with van der Waals surface area (Å²) in [6.45, 7) is 0. The average Bonchev–Trinajstić information content (AvgIpc) is 2.70. The molecule has 3 rings (SSSR count). The quantitative estimate of drug-likeness (QED) is 0.507. The van der Waals surface area contributed by atoms with E-state index in [1.54, 1.807) is 42.7 Å². The minimum Gasteiger partial charge on any atom is -0.280 e. The van der Waals surface area contributed by atoms with Gasteiger partial charge >= 0.3 is 0 Å². The van der Waals surface area contributed by atoms with Gasteiger partial charge in [-0.25, -0.2) is 13.8 Å². The predicted molar refractivity (Wildman–Crippen MR) is 103 cm³/mol. The molecular weight excluding hydrogens is 364 g/mol. The van der Waals surface area contributed by atoms with Gasteiger partial charge in [0.1, 0.15) is 0 Å². The molecule has 0 aliphatic rings. The van der Waals surface area contributed by atoms with Gasteiger partial charge in [-0.15, -0.1) is 0 Å². The van der Waals surface area contributed by atoms with E-state index in [0.717, 1.165) is 5.56 Å². The van der Waals surface area contributed by atoms with Crippen LogP contribution in [0.4, 0.5) is 5.69 Å². The molecule has 0 spiro atoms. The molecule has 7 nitrogen and oxygen atoms in total. The molecule has 0 radical (unpaired) electrons. The molecule has 0 atom stereocenters. The molecule has 1 amide bonds. The van der Waals surface area contributed by atoms with Gasteiger partial charge in [-0.3, -0.25) is 14.5 Å². The second kappa shape index (κ2) is 8.24. The van der Waals surface area contributed by atoms with Gasteiger partial charge in [-0.1, -0.05) is 24.3 Å². The lowest BCUT2D eigenvalue weighted by Gasteiger charge is -2.08. The highest BCUT2D eigenvalue weighted by Crippen LogP contribution is 2.16. The van der Waals surface area contributed by atoms with Gasteiger partial charge in [0.15, 0.2) is 0 Å². The van der Waals surface area contributed by atoms with Gasteiger partial charge in [0, 0.05) is 29.2 Å². The number of hydrogen-bond acceptors (Lipinski definition) is 5. The Morgan fingerprint density at radius 3 is 2.37 bits per heavy atom. The Morgan fingerprint density at radius 1 is 0.963 bits per heavy atom. The fourth-order valence-electron chi connectivity index (χ4n) is 2.19. The first-order valence-electron chi connectivity index (χ1n) is 7.96. The standard InChI is InChI=1S/C19H16N4O3S/c24-19(22-21-14-15-5-4-12-20-13-15)16-8-10-17(11-9-16)23-27(25,26)18-6-2-1-3-7-18/h1-14,23H,(H,22,24)/b21-14-. The maximum absolute atomic E-state index is 12.3. The largest absolute Gasteiger partial charge is 0.280 e. The van der Waals surface area contributed by atoms with Crippen LogP contribution in [0.1, 0.15) is 15.9 Å². The molecule has 2 N–H and O–H groups in total. The van der Waals surface area contributed by atoms with Crippen molar-refractivity contribution in [2.45, 2.75) is 4.90 Å². The molecule has 0 unspecified atom stereocenters. The van der Waals surface area contributed by atoms with E-state index in [-0.39, 0.29) is 4.90 Å². The molecule has 0 fully saturated rings. The van der Waals surface area contributed by atoms with Crippen molar-refractivity contribution >= 4 is 27.8 Å². The number of carbonyl (C=O) groups is 1. The molecule has 1 aromatic heterocycles. The van der Waals surface area contributed by atoms with Crippen LogP contribution < -0.4 is 10.1 Å². The molecule has 0 saturated carbocycles. The van der Waals surface area contributed by atoms with Crippen LogP contribution >= 0.6 is 0 Å². The highest BCUT2D eigenvalue weighted by atomic mass is 32.2. The van der Waals surface area contributed by atoms with Gasteiger partial charge in [0.2, 0.25) is 0 Å². The number of aromatic nitrogens is 1. The Bertz CT molecular complexity index is 1040. The predicted octanol–water partition coefficient (Wildman–Crippen LogP) is 2.65. The van der Waals surface area contributed by atoms with Crippen LogP contribution in [0.2, 0.25) is 0 Å². The third-order valence-electron chi connectivity index (χ3n) is 3.52. The highest BCUT2D eigenvalue weighted by Gasteiger charge is 2.13. The molecule has 0 bridgehead atoms. The van der Waals surface area contributed by atoms with E-state index in [1.165, 1.54) is 42.6 Å². The lowest BCUT2D eigenvalue weighted by molar-refractivity contribution is 0.0955. The summed E-state index contributed by atoms with van der Waals surface area (Å²) >= 11 is 0. The Morgan fingerprint density at radius 2 is 1.70 bits per heavy atom.